The Morgan fingerprint density at radius 3 is 2.40 bits per heavy atom. The lowest BCUT2D eigenvalue weighted by Crippen LogP contribution is -2.44. The largest absolute Gasteiger partial charge is 0.347 e. The molecule has 1 heterocycles. The van der Waals surface area contributed by atoms with Crippen LogP contribution in [-0.2, 0) is 0 Å². The zero-order valence-corrected chi connectivity index (χ0v) is 12.6. The maximum Gasteiger partial charge on any atom is 0.254 e. The molecular formula is C16H25N3O. The second-order valence-corrected chi connectivity index (χ2v) is 6.53. The lowest BCUT2D eigenvalue weighted by molar-refractivity contribution is 0.0898. The van der Waals surface area contributed by atoms with Crippen LogP contribution < -0.4 is 5.32 Å². The Morgan fingerprint density at radius 2 is 1.80 bits per heavy atom. The van der Waals surface area contributed by atoms with Crippen molar-refractivity contribution in [3.8, 4) is 0 Å². The number of rotatable bonds is 4. The predicted octanol–water partition coefficient (Wildman–Crippen LogP) is 3.35. The summed E-state index contributed by atoms with van der Waals surface area (Å²) in [6, 6.07) is 0. The van der Waals surface area contributed by atoms with Gasteiger partial charge in [-0.25, -0.2) is 9.97 Å². The van der Waals surface area contributed by atoms with Crippen LogP contribution in [0, 0.1) is 5.92 Å². The van der Waals surface area contributed by atoms with E-state index in [0.29, 0.717) is 5.56 Å². The quantitative estimate of drug-likeness (QED) is 0.857. The Morgan fingerprint density at radius 1 is 1.20 bits per heavy atom. The second kappa shape index (κ2) is 6.82. The van der Waals surface area contributed by atoms with Gasteiger partial charge >= 0.3 is 0 Å². The van der Waals surface area contributed by atoms with Crippen molar-refractivity contribution < 1.29 is 4.79 Å². The van der Waals surface area contributed by atoms with Crippen molar-refractivity contribution in [1.82, 2.24) is 15.3 Å². The van der Waals surface area contributed by atoms with E-state index in [4.69, 9.17) is 0 Å². The number of aromatic nitrogens is 2. The number of nitrogens with one attached hydrogen (secondary N) is 1. The van der Waals surface area contributed by atoms with Gasteiger partial charge in [-0.15, -0.1) is 0 Å². The highest BCUT2D eigenvalue weighted by atomic mass is 16.1. The minimum atomic E-state index is -0.179. The molecule has 0 radical (unpaired) electrons. The number of nitrogens with zero attached hydrogens (tertiary/aromatic N) is 2. The molecule has 2 rings (SSSR count). The molecule has 1 aromatic heterocycles. The van der Waals surface area contributed by atoms with Crippen molar-refractivity contribution >= 4 is 5.91 Å². The molecule has 0 saturated heterocycles. The molecule has 0 bridgehead atoms. The first kappa shape index (κ1) is 14.9. The molecule has 1 N–H and O–H groups in total. The van der Waals surface area contributed by atoms with E-state index in [9.17, 15) is 4.79 Å². The number of hydrogen-bond donors (Lipinski definition) is 1. The zero-order chi connectivity index (χ0) is 14.4. The van der Waals surface area contributed by atoms with Crippen molar-refractivity contribution in [2.24, 2.45) is 5.92 Å². The molecule has 4 heteroatoms. The molecule has 1 aliphatic rings. The second-order valence-electron chi connectivity index (χ2n) is 6.53. The molecule has 1 amide bonds. The fourth-order valence-corrected chi connectivity index (χ4v) is 3.14. The molecule has 0 unspecified atom stereocenters. The van der Waals surface area contributed by atoms with Gasteiger partial charge in [0.25, 0.3) is 5.91 Å². The minimum absolute atomic E-state index is 0.0794. The van der Waals surface area contributed by atoms with Gasteiger partial charge in [-0.3, -0.25) is 4.79 Å². The van der Waals surface area contributed by atoms with Gasteiger partial charge in [0.2, 0.25) is 0 Å². The minimum Gasteiger partial charge on any atom is -0.347 e. The molecule has 0 atom stereocenters. The van der Waals surface area contributed by atoms with Crippen LogP contribution in [0.2, 0.25) is 0 Å². The van der Waals surface area contributed by atoms with Crippen LogP contribution in [0.1, 0.15) is 69.2 Å². The predicted molar refractivity (Wildman–Crippen MR) is 79.4 cm³/mol. The van der Waals surface area contributed by atoms with Crippen LogP contribution in [-0.4, -0.2) is 21.4 Å². The van der Waals surface area contributed by atoms with Crippen LogP contribution >= 0.6 is 0 Å². The molecule has 0 spiro atoms. The summed E-state index contributed by atoms with van der Waals surface area (Å²) >= 11 is 0. The number of hydrogen-bond acceptors (Lipinski definition) is 3. The van der Waals surface area contributed by atoms with Crippen molar-refractivity contribution in [2.45, 2.75) is 64.3 Å². The van der Waals surface area contributed by atoms with Gasteiger partial charge in [-0.1, -0.05) is 38.5 Å². The van der Waals surface area contributed by atoms with E-state index in [0.717, 1.165) is 12.3 Å². The summed E-state index contributed by atoms with van der Waals surface area (Å²) in [5.74, 6) is 0.657. The van der Waals surface area contributed by atoms with Crippen molar-refractivity contribution in [2.75, 3.05) is 0 Å². The average molecular weight is 275 g/mol. The van der Waals surface area contributed by atoms with E-state index >= 15 is 0 Å². The van der Waals surface area contributed by atoms with E-state index in [1.165, 1.54) is 44.9 Å². The Kier molecular flexibility index (Phi) is 5.10. The monoisotopic (exact) mass is 275 g/mol. The smallest absolute Gasteiger partial charge is 0.254 e. The highest BCUT2D eigenvalue weighted by Crippen LogP contribution is 2.29. The van der Waals surface area contributed by atoms with Gasteiger partial charge in [0.05, 0.1) is 5.56 Å². The molecule has 20 heavy (non-hydrogen) atoms. The highest BCUT2D eigenvalue weighted by Gasteiger charge is 2.26. The third-order valence-corrected chi connectivity index (χ3v) is 4.05. The van der Waals surface area contributed by atoms with Crippen molar-refractivity contribution in [3.05, 3.63) is 24.3 Å². The van der Waals surface area contributed by atoms with Gasteiger partial charge in [-0.2, -0.15) is 0 Å². The summed E-state index contributed by atoms with van der Waals surface area (Å²) in [4.78, 5) is 20.0. The summed E-state index contributed by atoms with van der Waals surface area (Å²) in [6.45, 7) is 4.22. The van der Waals surface area contributed by atoms with Crippen LogP contribution in [0.5, 0.6) is 0 Å². The van der Waals surface area contributed by atoms with Gasteiger partial charge in [0.15, 0.2) is 0 Å². The standard InChI is InChI=1S/C16H25N3O/c1-16(2,9-13-7-5-3-4-6-8-13)19-15(20)14-10-17-12-18-11-14/h10-13H,3-9H2,1-2H3,(H,19,20). The first-order valence-electron chi connectivity index (χ1n) is 7.64. The molecule has 4 nitrogen and oxygen atoms in total. The topological polar surface area (TPSA) is 54.9 Å². The van der Waals surface area contributed by atoms with Gasteiger partial charge < -0.3 is 5.32 Å². The van der Waals surface area contributed by atoms with Gasteiger partial charge in [0, 0.05) is 17.9 Å². The Bertz CT molecular complexity index is 423. The summed E-state index contributed by atoms with van der Waals surface area (Å²) in [7, 11) is 0. The molecule has 1 saturated carbocycles. The van der Waals surface area contributed by atoms with Crippen LogP contribution in [0.4, 0.5) is 0 Å². The maximum absolute atomic E-state index is 12.2. The van der Waals surface area contributed by atoms with E-state index in [2.05, 4.69) is 29.1 Å². The third-order valence-electron chi connectivity index (χ3n) is 4.05. The van der Waals surface area contributed by atoms with E-state index in [1.54, 1.807) is 12.4 Å². The van der Waals surface area contributed by atoms with Gasteiger partial charge in [-0.05, 0) is 26.2 Å². The number of amides is 1. The Balaban J connectivity index is 1.91. The lowest BCUT2D eigenvalue weighted by Gasteiger charge is -2.30. The number of carbonyl (C=O) groups excluding carboxylic acids is 1. The zero-order valence-electron chi connectivity index (χ0n) is 12.6. The van der Waals surface area contributed by atoms with Crippen LogP contribution in [0.3, 0.4) is 0 Å². The Labute approximate surface area is 121 Å². The van der Waals surface area contributed by atoms with E-state index in [-0.39, 0.29) is 11.4 Å². The Hall–Kier alpha value is -1.45. The summed E-state index contributed by atoms with van der Waals surface area (Å²) < 4.78 is 0. The summed E-state index contributed by atoms with van der Waals surface area (Å²) in [6.07, 6.45) is 13.6. The lowest BCUT2D eigenvalue weighted by atomic mass is 9.86. The fraction of sp³-hybridized carbons (Fsp3) is 0.688. The molecule has 1 aromatic rings. The normalized spacial score (nSPS) is 17.5. The van der Waals surface area contributed by atoms with Gasteiger partial charge in [0.1, 0.15) is 6.33 Å². The molecule has 1 fully saturated rings. The SMILES string of the molecule is CC(C)(CC1CCCCCC1)NC(=O)c1cncnc1. The van der Waals surface area contributed by atoms with Crippen LogP contribution in [0.25, 0.3) is 0 Å². The third kappa shape index (κ3) is 4.58. The fourth-order valence-electron chi connectivity index (χ4n) is 3.14. The summed E-state index contributed by atoms with van der Waals surface area (Å²) in [5.41, 5.74) is 0.350. The van der Waals surface area contributed by atoms with Crippen LogP contribution in [0.15, 0.2) is 18.7 Å². The number of carbonyl (C=O) groups is 1. The first-order chi connectivity index (χ1) is 9.57. The van der Waals surface area contributed by atoms with E-state index in [1.807, 2.05) is 0 Å². The maximum atomic E-state index is 12.2. The molecular weight excluding hydrogens is 250 g/mol. The van der Waals surface area contributed by atoms with Crippen molar-refractivity contribution in [3.63, 3.8) is 0 Å². The molecule has 0 aliphatic heterocycles. The average Bonchev–Trinajstić information content (AvgIpc) is 2.67. The summed E-state index contributed by atoms with van der Waals surface area (Å²) in [5, 5.41) is 3.12. The van der Waals surface area contributed by atoms with Crippen molar-refractivity contribution in [1.29, 1.82) is 0 Å². The molecule has 0 aromatic carbocycles. The molecule has 1 aliphatic carbocycles. The molecule has 110 valence electrons. The van der Waals surface area contributed by atoms with E-state index < -0.39 is 0 Å². The highest BCUT2D eigenvalue weighted by molar-refractivity contribution is 5.93. The first-order valence-corrected chi connectivity index (χ1v) is 7.64.